The molecule has 2 aromatic rings. The fraction of sp³-hybridized carbons (Fsp3) is 0.333. The van der Waals surface area contributed by atoms with Crippen molar-refractivity contribution in [1.29, 1.82) is 0 Å². The van der Waals surface area contributed by atoms with Gasteiger partial charge in [-0.1, -0.05) is 27.9 Å². The van der Waals surface area contributed by atoms with Crippen LogP contribution < -0.4 is 0 Å². The first-order valence-corrected chi connectivity index (χ1v) is 8.74. The van der Waals surface area contributed by atoms with Crippen LogP contribution in [0.1, 0.15) is 46.0 Å². The maximum absolute atomic E-state index is 12.6. The second-order valence-electron chi connectivity index (χ2n) is 5.23. The highest BCUT2D eigenvalue weighted by molar-refractivity contribution is 7.89. The van der Waals surface area contributed by atoms with Crippen LogP contribution in [0.15, 0.2) is 28.9 Å². The second kappa shape index (κ2) is 5.83. The van der Waals surface area contributed by atoms with Crippen LogP contribution in [-0.2, 0) is 16.9 Å². The third-order valence-corrected chi connectivity index (χ3v) is 4.54. The van der Waals surface area contributed by atoms with Gasteiger partial charge in [0.1, 0.15) is 5.75 Å². The maximum Gasteiger partial charge on any atom is 0.198 e. The van der Waals surface area contributed by atoms with E-state index in [0.717, 1.165) is 12.8 Å². The van der Waals surface area contributed by atoms with Crippen LogP contribution in [0, 0.1) is 0 Å². The number of ketones is 1. The van der Waals surface area contributed by atoms with E-state index in [1.165, 1.54) is 6.20 Å². The van der Waals surface area contributed by atoms with Gasteiger partial charge in [-0.05, 0) is 31.0 Å². The number of aromatic nitrogens is 1. The Morgan fingerprint density at radius 2 is 2.29 bits per heavy atom. The van der Waals surface area contributed by atoms with Crippen molar-refractivity contribution >= 4 is 28.6 Å². The summed E-state index contributed by atoms with van der Waals surface area (Å²) in [4.78, 5) is 12.6. The van der Waals surface area contributed by atoms with Crippen molar-refractivity contribution in [3.63, 3.8) is 0 Å². The summed E-state index contributed by atoms with van der Waals surface area (Å²) in [5, 5.41) is 4.27. The molecule has 1 atom stereocenters. The van der Waals surface area contributed by atoms with Gasteiger partial charge in [-0.2, -0.15) is 0 Å². The SMILES string of the molecule is C[S+]([O-])Cc1cc(C(=O)c2cnoc2C2CC2)ccc1Cl. The van der Waals surface area contributed by atoms with Gasteiger partial charge in [0.05, 0.1) is 18.0 Å². The van der Waals surface area contributed by atoms with Crippen LogP contribution >= 0.6 is 11.6 Å². The molecule has 1 heterocycles. The lowest BCUT2D eigenvalue weighted by Crippen LogP contribution is -2.06. The van der Waals surface area contributed by atoms with Crippen LogP contribution in [0.2, 0.25) is 5.02 Å². The van der Waals surface area contributed by atoms with E-state index >= 15 is 0 Å². The summed E-state index contributed by atoms with van der Waals surface area (Å²) in [6.45, 7) is 0. The molecule has 0 amide bonds. The minimum Gasteiger partial charge on any atom is -0.616 e. The zero-order valence-electron chi connectivity index (χ0n) is 11.5. The van der Waals surface area contributed by atoms with Gasteiger partial charge in [0.2, 0.25) is 0 Å². The van der Waals surface area contributed by atoms with Gasteiger partial charge in [-0.25, -0.2) is 0 Å². The van der Waals surface area contributed by atoms with Crippen LogP contribution in [0.25, 0.3) is 0 Å². The van der Waals surface area contributed by atoms with Crippen molar-refractivity contribution in [1.82, 2.24) is 5.16 Å². The van der Waals surface area contributed by atoms with E-state index < -0.39 is 11.2 Å². The molecule has 1 saturated carbocycles. The Morgan fingerprint density at radius 1 is 1.52 bits per heavy atom. The number of hydrogen-bond acceptors (Lipinski definition) is 4. The van der Waals surface area contributed by atoms with Crippen LogP contribution in [0.3, 0.4) is 0 Å². The van der Waals surface area contributed by atoms with Crippen molar-refractivity contribution in [3.05, 3.63) is 51.9 Å². The minimum atomic E-state index is -1.01. The standard InChI is InChI=1S/C15H14ClNO3S/c1-21(19)8-11-6-10(4-5-13(11)16)14(18)12-7-17-20-15(12)9-2-3-9/h4-7,9H,2-3,8H2,1H3. The third-order valence-electron chi connectivity index (χ3n) is 3.46. The number of carbonyl (C=O) groups excluding carboxylic acids is 1. The summed E-state index contributed by atoms with van der Waals surface area (Å²) in [5.41, 5.74) is 1.75. The molecule has 0 saturated heterocycles. The Bertz CT molecular complexity index is 679. The summed E-state index contributed by atoms with van der Waals surface area (Å²) in [7, 11) is 0. The first kappa shape index (κ1) is 14.6. The van der Waals surface area contributed by atoms with E-state index in [4.69, 9.17) is 16.1 Å². The number of halogens is 1. The molecule has 0 N–H and O–H groups in total. The number of nitrogens with zero attached hydrogens (tertiary/aromatic N) is 1. The molecule has 0 spiro atoms. The maximum atomic E-state index is 12.6. The Hall–Kier alpha value is -1.30. The molecular formula is C15H14ClNO3S. The quantitative estimate of drug-likeness (QED) is 0.625. The highest BCUT2D eigenvalue weighted by Crippen LogP contribution is 2.42. The molecule has 4 nitrogen and oxygen atoms in total. The molecule has 21 heavy (non-hydrogen) atoms. The van der Waals surface area contributed by atoms with E-state index in [-0.39, 0.29) is 5.78 Å². The Labute approximate surface area is 130 Å². The molecule has 0 aliphatic heterocycles. The average molecular weight is 324 g/mol. The molecule has 1 fully saturated rings. The van der Waals surface area contributed by atoms with E-state index in [2.05, 4.69) is 5.16 Å². The van der Waals surface area contributed by atoms with E-state index in [0.29, 0.717) is 39.1 Å². The zero-order valence-corrected chi connectivity index (χ0v) is 13.0. The van der Waals surface area contributed by atoms with Crippen molar-refractivity contribution in [2.75, 3.05) is 6.26 Å². The summed E-state index contributed by atoms with van der Waals surface area (Å²) < 4.78 is 16.6. The second-order valence-corrected chi connectivity index (χ2v) is 7.07. The normalized spacial score (nSPS) is 16.0. The largest absolute Gasteiger partial charge is 0.616 e. The molecule has 1 aromatic carbocycles. The number of benzene rings is 1. The molecule has 6 heteroatoms. The van der Waals surface area contributed by atoms with Crippen LogP contribution in [0.5, 0.6) is 0 Å². The van der Waals surface area contributed by atoms with E-state index in [1.54, 1.807) is 24.5 Å². The zero-order chi connectivity index (χ0) is 15.0. The fourth-order valence-corrected chi connectivity index (χ4v) is 3.20. The fourth-order valence-electron chi connectivity index (χ4n) is 2.26. The Kier molecular flexibility index (Phi) is 4.06. The first-order valence-electron chi connectivity index (χ1n) is 6.64. The predicted molar refractivity (Wildman–Crippen MR) is 81.1 cm³/mol. The third kappa shape index (κ3) is 3.15. The monoisotopic (exact) mass is 323 g/mol. The first-order chi connectivity index (χ1) is 10.1. The summed E-state index contributed by atoms with van der Waals surface area (Å²) >= 11 is 5.07. The van der Waals surface area contributed by atoms with Crippen LogP contribution in [-0.4, -0.2) is 21.7 Å². The molecule has 0 bridgehead atoms. The molecule has 1 unspecified atom stereocenters. The summed E-state index contributed by atoms with van der Waals surface area (Å²) in [6, 6.07) is 5.05. The summed E-state index contributed by atoms with van der Waals surface area (Å²) in [6.07, 6.45) is 5.16. The van der Waals surface area contributed by atoms with Crippen molar-refractivity contribution in [3.8, 4) is 0 Å². The lowest BCUT2D eigenvalue weighted by atomic mass is 10.0. The lowest BCUT2D eigenvalue weighted by Gasteiger charge is -2.08. The molecule has 1 aliphatic carbocycles. The average Bonchev–Trinajstić information content (AvgIpc) is 3.17. The van der Waals surface area contributed by atoms with Gasteiger partial charge in [0.25, 0.3) is 0 Å². The minimum absolute atomic E-state index is 0.127. The predicted octanol–water partition coefficient (Wildman–Crippen LogP) is 3.31. The number of rotatable bonds is 5. The highest BCUT2D eigenvalue weighted by atomic mass is 35.5. The van der Waals surface area contributed by atoms with Gasteiger partial charge < -0.3 is 9.08 Å². The smallest absolute Gasteiger partial charge is 0.198 e. The van der Waals surface area contributed by atoms with E-state index in [1.807, 2.05) is 0 Å². The topological polar surface area (TPSA) is 66.2 Å². The van der Waals surface area contributed by atoms with Crippen molar-refractivity contribution in [2.24, 2.45) is 0 Å². The molecular weight excluding hydrogens is 310 g/mol. The van der Waals surface area contributed by atoms with E-state index in [9.17, 15) is 9.35 Å². The molecule has 1 aromatic heterocycles. The molecule has 110 valence electrons. The van der Waals surface area contributed by atoms with Gasteiger partial charge in [0.15, 0.2) is 11.5 Å². The molecule has 3 rings (SSSR count). The molecule has 1 aliphatic rings. The highest BCUT2D eigenvalue weighted by Gasteiger charge is 2.32. The van der Waals surface area contributed by atoms with Gasteiger partial charge >= 0.3 is 0 Å². The number of hydrogen-bond donors (Lipinski definition) is 0. The lowest BCUT2D eigenvalue weighted by molar-refractivity contribution is 0.103. The van der Waals surface area contributed by atoms with Crippen molar-refractivity contribution in [2.45, 2.75) is 24.5 Å². The van der Waals surface area contributed by atoms with Crippen molar-refractivity contribution < 1.29 is 13.9 Å². The van der Waals surface area contributed by atoms with Crippen LogP contribution in [0.4, 0.5) is 0 Å². The summed E-state index contributed by atoms with van der Waals surface area (Å²) in [5.74, 6) is 1.20. The Balaban J connectivity index is 1.92. The Morgan fingerprint density at radius 3 is 2.95 bits per heavy atom. The van der Waals surface area contributed by atoms with Gasteiger partial charge in [-0.3, -0.25) is 4.79 Å². The number of carbonyl (C=O) groups is 1. The van der Waals surface area contributed by atoms with Gasteiger partial charge in [-0.15, -0.1) is 0 Å². The van der Waals surface area contributed by atoms with Gasteiger partial charge in [0, 0.05) is 22.1 Å². The molecule has 0 radical (unpaired) electrons.